The number of carbonyl (C=O) groups is 1. The van der Waals surface area contributed by atoms with Crippen LogP contribution in [-0.4, -0.2) is 55.0 Å². The summed E-state index contributed by atoms with van der Waals surface area (Å²) in [4.78, 5) is 8.33. The molecule has 0 heterocycles. The molecule has 0 aliphatic rings. The Morgan fingerprint density at radius 3 is 1.33 bits per heavy atom. The van der Waals surface area contributed by atoms with Crippen LogP contribution in [0.4, 0.5) is 4.79 Å². The molecule has 0 spiro atoms. The molecule has 0 bridgehead atoms. The van der Waals surface area contributed by atoms with Crippen LogP contribution < -0.4 is 10.2 Å². The van der Waals surface area contributed by atoms with E-state index in [1.165, 1.54) is 0 Å². The molecular weight excluding hydrogens is 277 g/mol. The van der Waals surface area contributed by atoms with Crippen LogP contribution in [0.1, 0.15) is 0 Å². The number of hydrogen-bond acceptors (Lipinski definition) is 3. The first-order valence-corrected chi connectivity index (χ1v) is 0.612. The minimum atomic E-state index is -2.33. The fourth-order valence-electron chi connectivity index (χ4n) is 0. The van der Waals surface area contributed by atoms with Gasteiger partial charge in [0.1, 0.15) is 0 Å². The first-order valence-electron chi connectivity index (χ1n) is 0.612. The molecule has 0 amide bonds. The van der Waals surface area contributed by atoms with Crippen molar-refractivity contribution in [2.24, 2.45) is 0 Å². The van der Waals surface area contributed by atoms with Crippen molar-refractivity contribution in [1.82, 2.24) is 0 Å². The van der Waals surface area contributed by atoms with E-state index >= 15 is 0 Å². The Labute approximate surface area is 85.6 Å². The first-order chi connectivity index (χ1) is 1.73. The molecule has 0 aliphatic heterocycles. The molecule has 3 nitrogen and oxygen atoms in total. The fourth-order valence-corrected chi connectivity index (χ4v) is 0. The molecule has 0 saturated heterocycles. The van der Waals surface area contributed by atoms with Crippen molar-refractivity contribution in [3.05, 3.63) is 0 Å². The maximum atomic E-state index is 8.33. The van der Waals surface area contributed by atoms with Crippen LogP contribution in [0.25, 0.3) is 0 Å². The van der Waals surface area contributed by atoms with E-state index in [-0.39, 0.29) is 65.9 Å². The van der Waals surface area contributed by atoms with Gasteiger partial charge < -0.3 is 15.0 Å². The summed E-state index contributed by atoms with van der Waals surface area (Å²) in [5, 5.41) is 16.7. The van der Waals surface area contributed by atoms with Gasteiger partial charge in [-0.15, -0.1) is 17.0 Å². The van der Waals surface area contributed by atoms with Crippen molar-refractivity contribution in [2.45, 2.75) is 0 Å². The van der Waals surface area contributed by atoms with E-state index in [2.05, 4.69) is 0 Å². The Kier molecular flexibility index (Phi) is 25.0. The van der Waals surface area contributed by atoms with E-state index in [9.17, 15) is 0 Å². The van der Waals surface area contributed by atoms with Gasteiger partial charge in [-0.3, -0.25) is 0 Å². The van der Waals surface area contributed by atoms with Gasteiger partial charge in [0.2, 0.25) is 0 Å². The fraction of sp³-hybridized carbons (Fsp3) is 0. The number of halogens is 1. The number of hydrogen-bond donors (Lipinski definition) is 0. The van der Waals surface area contributed by atoms with Gasteiger partial charge in [0.25, 0.3) is 0 Å². The molecular formula is CHBaBrO3. The third-order valence-electron chi connectivity index (χ3n) is 0. The Morgan fingerprint density at radius 1 is 1.33 bits per heavy atom. The van der Waals surface area contributed by atoms with Crippen molar-refractivity contribution in [3.63, 3.8) is 0 Å². The molecule has 0 aromatic heterocycles. The summed E-state index contributed by atoms with van der Waals surface area (Å²) in [6, 6.07) is 0. The van der Waals surface area contributed by atoms with Crippen molar-refractivity contribution in [3.8, 4) is 0 Å². The summed E-state index contributed by atoms with van der Waals surface area (Å²) < 4.78 is 0. The van der Waals surface area contributed by atoms with E-state index in [1.54, 1.807) is 0 Å². The van der Waals surface area contributed by atoms with Crippen LogP contribution in [0.5, 0.6) is 0 Å². The van der Waals surface area contributed by atoms with Crippen LogP contribution in [-0.2, 0) is 0 Å². The number of rotatable bonds is 0. The zero-order valence-electron chi connectivity index (χ0n) is 2.84. The molecule has 0 aromatic rings. The van der Waals surface area contributed by atoms with Gasteiger partial charge in [0.05, 0.1) is 0 Å². The molecule has 0 saturated carbocycles. The van der Waals surface area contributed by atoms with Crippen LogP contribution in [0.2, 0.25) is 0 Å². The predicted molar refractivity (Wildman–Crippen MR) is 21.5 cm³/mol. The van der Waals surface area contributed by atoms with E-state index in [0.29, 0.717) is 0 Å². The quantitative estimate of drug-likeness (QED) is 0.470. The SMILES string of the molecule is Br.O=C([O-])[O-].[Ba+2]. The summed E-state index contributed by atoms with van der Waals surface area (Å²) in [6.07, 6.45) is -2.33. The summed E-state index contributed by atoms with van der Waals surface area (Å²) in [5.41, 5.74) is 0. The van der Waals surface area contributed by atoms with Gasteiger partial charge in [-0.2, -0.15) is 0 Å². The Bertz CT molecular complexity index is 33.8. The monoisotopic (exact) mass is 278 g/mol. The normalized spacial score (nSPS) is 4.00. The number of carbonyl (C=O) groups excluding carboxylic acids is 1. The van der Waals surface area contributed by atoms with E-state index in [1.807, 2.05) is 0 Å². The first kappa shape index (κ1) is 15.7. The minimum absolute atomic E-state index is 0. The molecule has 6 heavy (non-hydrogen) atoms. The summed E-state index contributed by atoms with van der Waals surface area (Å²) in [7, 11) is 0. The standard InChI is InChI=1S/CH2O3.Ba.BrH/c2-1(3)4;;/h(H2,2,3,4);;1H/q;+2;/p-2. The maximum Gasteiger partial charge on any atom is 2.00 e. The largest absolute Gasteiger partial charge is 2.00 e. The van der Waals surface area contributed by atoms with Crippen LogP contribution in [0.15, 0.2) is 0 Å². The molecule has 32 valence electrons. The molecule has 0 unspecified atom stereocenters. The summed E-state index contributed by atoms with van der Waals surface area (Å²) in [6.45, 7) is 0. The van der Waals surface area contributed by atoms with Gasteiger partial charge in [0, 0.05) is 0 Å². The van der Waals surface area contributed by atoms with E-state index in [4.69, 9.17) is 15.0 Å². The Hall–Kier alpha value is 1.32. The second-order valence-electron chi connectivity index (χ2n) is 0.250. The Balaban J connectivity index is -0.0000000450. The second-order valence-corrected chi connectivity index (χ2v) is 0.250. The molecule has 0 radical (unpaired) electrons. The molecule has 0 aromatic carbocycles. The average Bonchev–Trinajstić information content (AvgIpc) is 0.811. The predicted octanol–water partition coefficient (Wildman–Crippen LogP) is -2.25. The topological polar surface area (TPSA) is 63.2 Å². The maximum absolute atomic E-state index is 8.33. The third-order valence-corrected chi connectivity index (χ3v) is 0. The van der Waals surface area contributed by atoms with Gasteiger partial charge in [-0.05, 0) is 6.16 Å². The summed E-state index contributed by atoms with van der Waals surface area (Å²) in [5.74, 6) is 0. The van der Waals surface area contributed by atoms with E-state index < -0.39 is 6.16 Å². The molecule has 0 rings (SSSR count). The van der Waals surface area contributed by atoms with Gasteiger partial charge in [-0.1, -0.05) is 0 Å². The van der Waals surface area contributed by atoms with Crippen molar-refractivity contribution in [2.75, 3.05) is 0 Å². The average molecular weight is 278 g/mol. The van der Waals surface area contributed by atoms with Crippen molar-refractivity contribution in [1.29, 1.82) is 0 Å². The van der Waals surface area contributed by atoms with E-state index in [0.717, 1.165) is 0 Å². The van der Waals surface area contributed by atoms with Crippen LogP contribution in [0, 0.1) is 0 Å². The molecule has 0 atom stereocenters. The smallest absolute Gasteiger partial charge is 0.652 e. The summed E-state index contributed by atoms with van der Waals surface area (Å²) >= 11 is 0. The van der Waals surface area contributed by atoms with Crippen LogP contribution in [0.3, 0.4) is 0 Å². The third kappa shape index (κ3) is 56.9. The second kappa shape index (κ2) is 9.59. The number of carboxylic acid groups (broad SMARTS) is 2. The van der Waals surface area contributed by atoms with Crippen LogP contribution >= 0.6 is 17.0 Å². The molecule has 0 fully saturated rings. The van der Waals surface area contributed by atoms with Gasteiger partial charge in [0.15, 0.2) is 0 Å². The molecule has 0 aliphatic carbocycles. The molecule has 0 N–H and O–H groups in total. The Morgan fingerprint density at radius 2 is 1.33 bits per heavy atom. The van der Waals surface area contributed by atoms with Gasteiger partial charge >= 0.3 is 48.9 Å². The van der Waals surface area contributed by atoms with Crippen molar-refractivity contribution >= 4 is 72.0 Å². The minimum Gasteiger partial charge on any atom is -0.652 e. The molecule has 5 heteroatoms. The van der Waals surface area contributed by atoms with Gasteiger partial charge in [-0.25, -0.2) is 0 Å². The van der Waals surface area contributed by atoms with Crippen molar-refractivity contribution < 1.29 is 15.0 Å². The zero-order chi connectivity index (χ0) is 3.58. The zero-order valence-corrected chi connectivity index (χ0v) is 8.99.